The average molecular weight is 521 g/mol. The van der Waals surface area contributed by atoms with E-state index in [9.17, 15) is 18.0 Å². The van der Waals surface area contributed by atoms with Crippen LogP contribution in [-0.2, 0) is 19.6 Å². The number of hydrogen-bond acceptors (Lipinski definition) is 5. The molecule has 2 aromatic carbocycles. The molecule has 0 aromatic heterocycles. The lowest BCUT2D eigenvalue weighted by molar-refractivity contribution is -0.144. The third-order valence-corrected chi connectivity index (χ3v) is 9.53. The van der Waals surface area contributed by atoms with E-state index in [0.29, 0.717) is 37.1 Å². The molecular formula is C25H33ClN4O4S. The summed E-state index contributed by atoms with van der Waals surface area (Å²) >= 11 is 6.03. The van der Waals surface area contributed by atoms with E-state index in [1.165, 1.54) is 18.0 Å². The minimum absolute atomic E-state index is 0.0742. The maximum absolute atomic E-state index is 13.4. The molecule has 2 saturated heterocycles. The van der Waals surface area contributed by atoms with Crippen molar-refractivity contribution in [2.45, 2.75) is 49.2 Å². The van der Waals surface area contributed by atoms with E-state index in [-0.39, 0.29) is 16.7 Å². The van der Waals surface area contributed by atoms with Crippen LogP contribution in [0.1, 0.15) is 26.2 Å². The van der Waals surface area contributed by atoms with Crippen LogP contribution >= 0.6 is 11.6 Å². The Morgan fingerprint density at radius 1 is 1.00 bits per heavy atom. The number of likely N-dealkylation sites (tertiary alicyclic amines) is 2. The second kappa shape index (κ2) is 10.0. The molecule has 4 rings (SSSR count). The summed E-state index contributed by atoms with van der Waals surface area (Å²) in [5.41, 5.74) is 0. The molecule has 10 heteroatoms. The minimum Gasteiger partial charge on any atom is -0.341 e. The number of carbonyl (C=O) groups excluding carboxylic acids is 2. The number of carbonyl (C=O) groups is 2. The topological polar surface area (TPSA) is 81.2 Å². The Bertz CT molecular complexity index is 1230. The molecule has 0 bridgehead atoms. The van der Waals surface area contributed by atoms with E-state index < -0.39 is 22.1 Å². The summed E-state index contributed by atoms with van der Waals surface area (Å²) in [7, 11) is 1.62. The Hall–Kier alpha value is -2.20. The van der Waals surface area contributed by atoms with Gasteiger partial charge in [0.25, 0.3) is 0 Å². The summed E-state index contributed by atoms with van der Waals surface area (Å²) in [5.74, 6) is -0.400. The highest BCUT2D eigenvalue weighted by molar-refractivity contribution is 7.89. The van der Waals surface area contributed by atoms with Crippen LogP contribution in [0.2, 0.25) is 5.02 Å². The molecule has 8 nitrogen and oxygen atoms in total. The molecule has 190 valence electrons. The van der Waals surface area contributed by atoms with Gasteiger partial charge in [-0.25, -0.2) is 8.42 Å². The Morgan fingerprint density at radius 2 is 1.63 bits per heavy atom. The predicted molar refractivity (Wildman–Crippen MR) is 137 cm³/mol. The van der Waals surface area contributed by atoms with Crippen molar-refractivity contribution in [1.82, 2.24) is 19.0 Å². The van der Waals surface area contributed by atoms with Gasteiger partial charge in [0.1, 0.15) is 12.1 Å². The van der Waals surface area contributed by atoms with E-state index in [1.54, 1.807) is 37.3 Å². The van der Waals surface area contributed by atoms with Crippen molar-refractivity contribution in [2.75, 3.05) is 40.8 Å². The first kappa shape index (κ1) is 25.9. The smallest absolute Gasteiger partial charge is 0.245 e. The number of piperidine rings is 1. The lowest BCUT2D eigenvalue weighted by Gasteiger charge is -2.37. The van der Waals surface area contributed by atoms with Crippen LogP contribution < -0.4 is 0 Å². The average Bonchev–Trinajstić information content (AvgIpc) is 3.23. The first-order valence-electron chi connectivity index (χ1n) is 11.9. The molecule has 2 heterocycles. The highest BCUT2D eigenvalue weighted by Gasteiger charge is 2.43. The van der Waals surface area contributed by atoms with Crippen molar-refractivity contribution >= 4 is 44.2 Å². The second-order valence-electron chi connectivity index (χ2n) is 9.71. The Balaban J connectivity index is 1.45. The van der Waals surface area contributed by atoms with Gasteiger partial charge in [-0.3, -0.25) is 9.59 Å². The maximum Gasteiger partial charge on any atom is 0.245 e. The summed E-state index contributed by atoms with van der Waals surface area (Å²) in [6, 6.07) is 9.10. The van der Waals surface area contributed by atoms with Crippen molar-refractivity contribution < 1.29 is 18.0 Å². The van der Waals surface area contributed by atoms with Gasteiger partial charge in [-0.05, 0) is 75.3 Å². The van der Waals surface area contributed by atoms with Crippen LogP contribution in [0.25, 0.3) is 10.8 Å². The molecule has 0 unspecified atom stereocenters. The van der Waals surface area contributed by atoms with E-state index in [0.717, 1.165) is 27.9 Å². The van der Waals surface area contributed by atoms with Crippen molar-refractivity contribution in [3.63, 3.8) is 0 Å². The predicted octanol–water partition coefficient (Wildman–Crippen LogP) is 2.66. The third kappa shape index (κ3) is 5.05. The quantitative estimate of drug-likeness (QED) is 0.585. The van der Waals surface area contributed by atoms with E-state index in [4.69, 9.17) is 11.6 Å². The minimum atomic E-state index is -3.91. The van der Waals surface area contributed by atoms with Crippen LogP contribution in [0.5, 0.6) is 0 Å². The standard InChI is InChI=1S/C25H33ClN4O4S/c1-17(24(31)29-12-9-21(10-13-29)27(2)3)30-14-11-23(25(30)32)28(4)35(33,34)22-8-6-18-15-20(26)7-5-19(18)16-22/h5-8,15-17,21,23H,9-14H2,1-4H3/t17-,23+/m1/s1. The summed E-state index contributed by atoms with van der Waals surface area (Å²) < 4.78 is 27.9. The van der Waals surface area contributed by atoms with Gasteiger partial charge in [-0.2, -0.15) is 4.31 Å². The monoisotopic (exact) mass is 520 g/mol. The number of likely N-dealkylation sites (N-methyl/N-ethyl adjacent to an activating group) is 1. The van der Waals surface area contributed by atoms with Crippen LogP contribution in [0.15, 0.2) is 41.3 Å². The summed E-state index contributed by atoms with van der Waals surface area (Å²) in [5, 5.41) is 2.16. The van der Waals surface area contributed by atoms with Gasteiger partial charge >= 0.3 is 0 Å². The molecule has 0 spiro atoms. The van der Waals surface area contributed by atoms with Crippen LogP contribution in [0.3, 0.4) is 0 Å². The number of fused-ring (bicyclic) bond motifs is 1. The normalized spacial score (nSPS) is 20.9. The highest BCUT2D eigenvalue weighted by Crippen LogP contribution is 2.28. The molecule has 35 heavy (non-hydrogen) atoms. The maximum atomic E-state index is 13.4. The number of sulfonamides is 1. The first-order chi connectivity index (χ1) is 16.5. The van der Waals surface area contributed by atoms with Crippen LogP contribution in [0.4, 0.5) is 0 Å². The Labute approximate surface area is 212 Å². The summed E-state index contributed by atoms with van der Waals surface area (Å²) in [6.45, 7) is 3.42. The fourth-order valence-electron chi connectivity index (χ4n) is 5.10. The SMILES string of the molecule is C[C@H](C(=O)N1CCC(N(C)C)CC1)N1CC[C@H](N(C)S(=O)(=O)c2ccc3cc(Cl)ccc3c2)C1=O. The molecule has 0 N–H and O–H groups in total. The molecule has 0 saturated carbocycles. The fraction of sp³-hybridized carbons (Fsp3) is 0.520. The van der Waals surface area contributed by atoms with Crippen LogP contribution in [0, 0.1) is 0 Å². The molecular weight excluding hydrogens is 488 g/mol. The van der Waals surface area contributed by atoms with Crippen molar-refractivity contribution in [1.29, 1.82) is 0 Å². The lowest BCUT2D eigenvalue weighted by atomic mass is 10.0. The van der Waals surface area contributed by atoms with Gasteiger partial charge in [-0.15, -0.1) is 0 Å². The van der Waals surface area contributed by atoms with Crippen molar-refractivity contribution in [3.05, 3.63) is 41.4 Å². The molecule has 2 atom stereocenters. The van der Waals surface area contributed by atoms with Gasteiger partial charge in [0.2, 0.25) is 21.8 Å². The van der Waals surface area contributed by atoms with Gasteiger partial charge in [0.15, 0.2) is 0 Å². The summed E-state index contributed by atoms with van der Waals surface area (Å²) in [4.78, 5) is 32.1. The molecule has 2 aliphatic rings. The van der Waals surface area contributed by atoms with Crippen molar-refractivity contribution in [2.24, 2.45) is 0 Å². The second-order valence-corrected chi connectivity index (χ2v) is 12.1. The van der Waals surface area contributed by atoms with Crippen LogP contribution in [-0.4, -0.2) is 98.1 Å². The number of amides is 2. The third-order valence-electron chi connectivity index (χ3n) is 7.43. The zero-order chi connectivity index (χ0) is 25.5. The fourth-order valence-corrected chi connectivity index (χ4v) is 6.66. The molecule has 0 aliphatic carbocycles. The van der Waals surface area contributed by atoms with E-state index >= 15 is 0 Å². The molecule has 2 aliphatic heterocycles. The molecule has 0 radical (unpaired) electrons. The lowest BCUT2D eigenvalue weighted by Crippen LogP contribution is -2.53. The summed E-state index contributed by atoms with van der Waals surface area (Å²) in [6.07, 6.45) is 2.15. The van der Waals surface area contributed by atoms with E-state index in [1.807, 2.05) is 19.0 Å². The zero-order valence-electron chi connectivity index (χ0n) is 20.6. The van der Waals surface area contributed by atoms with Crippen molar-refractivity contribution in [3.8, 4) is 0 Å². The van der Waals surface area contributed by atoms with E-state index in [2.05, 4.69) is 4.90 Å². The number of hydrogen-bond donors (Lipinski definition) is 0. The first-order valence-corrected chi connectivity index (χ1v) is 13.8. The molecule has 2 fully saturated rings. The molecule has 2 amide bonds. The zero-order valence-corrected chi connectivity index (χ0v) is 22.2. The molecule has 2 aromatic rings. The number of rotatable bonds is 6. The largest absolute Gasteiger partial charge is 0.341 e. The van der Waals surface area contributed by atoms with Gasteiger partial charge < -0.3 is 14.7 Å². The Kier molecular flexibility index (Phi) is 7.43. The Morgan fingerprint density at radius 3 is 2.29 bits per heavy atom. The highest BCUT2D eigenvalue weighted by atomic mass is 35.5. The number of nitrogens with zero attached hydrogens (tertiary/aromatic N) is 4. The van der Waals surface area contributed by atoms with Gasteiger partial charge in [0.05, 0.1) is 4.90 Å². The number of benzene rings is 2. The van der Waals surface area contributed by atoms with Gasteiger partial charge in [-0.1, -0.05) is 23.7 Å². The van der Waals surface area contributed by atoms with Gasteiger partial charge in [0, 0.05) is 37.7 Å². The number of halogens is 1.